The molecule has 0 bridgehead atoms. The summed E-state index contributed by atoms with van der Waals surface area (Å²) in [5.41, 5.74) is 0. The van der Waals surface area contributed by atoms with E-state index in [4.69, 9.17) is 9.47 Å². The van der Waals surface area contributed by atoms with Crippen LogP contribution >= 0.6 is 0 Å². The zero-order chi connectivity index (χ0) is 19.2. The van der Waals surface area contributed by atoms with Crippen molar-refractivity contribution in [3.63, 3.8) is 0 Å². The summed E-state index contributed by atoms with van der Waals surface area (Å²) < 4.78 is 10.9. The molecule has 0 saturated carbocycles. The summed E-state index contributed by atoms with van der Waals surface area (Å²) in [5.74, 6) is -0.670. The summed E-state index contributed by atoms with van der Waals surface area (Å²) in [4.78, 5) is 24.8. The lowest BCUT2D eigenvalue weighted by Gasteiger charge is -2.25. The van der Waals surface area contributed by atoms with Gasteiger partial charge in [-0.25, -0.2) is 0 Å². The first-order chi connectivity index (χ1) is 12.6. The normalized spacial score (nSPS) is 19.5. The number of hydrogen-bond donors (Lipinski definition) is 0. The number of hydrogen-bond acceptors (Lipinski definition) is 4. The van der Waals surface area contributed by atoms with E-state index < -0.39 is 11.8 Å². The molecular formula is C22H38O4. The van der Waals surface area contributed by atoms with Crippen LogP contribution in [0.1, 0.15) is 85.0 Å². The zero-order valence-corrected chi connectivity index (χ0v) is 17.0. The van der Waals surface area contributed by atoms with Crippen molar-refractivity contribution in [2.45, 2.75) is 85.0 Å². The molecule has 2 atom stereocenters. The Kier molecular flexibility index (Phi) is 12.1. The van der Waals surface area contributed by atoms with Crippen LogP contribution in [0.5, 0.6) is 0 Å². The first-order valence-electron chi connectivity index (χ1n) is 10.5. The molecule has 150 valence electrons. The Bertz CT molecular complexity index is 428. The Balaban J connectivity index is 2.31. The Hall–Kier alpha value is -1.32. The maximum Gasteiger partial charge on any atom is 0.310 e. The van der Waals surface area contributed by atoms with Gasteiger partial charge in [0.25, 0.3) is 0 Å². The van der Waals surface area contributed by atoms with E-state index in [0.29, 0.717) is 32.0 Å². The van der Waals surface area contributed by atoms with Crippen LogP contribution < -0.4 is 0 Å². The Morgan fingerprint density at radius 2 is 1.35 bits per heavy atom. The minimum Gasteiger partial charge on any atom is -0.465 e. The molecule has 0 N–H and O–H groups in total. The topological polar surface area (TPSA) is 52.6 Å². The third kappa shape index (κ3) is 9.40. The standard InChI is InChI=1S/C22H38O4/c1-4-5-6-7-8-11-16-25-21(23)19-14-9-10-15-20(19)22(24)26-17-12-13-18(2)3/h9-10,18-20H,4-8,11-17H2,1-3H3. The molecule has 1 aliphatic rings. The van der Waals surface area contributed by atoms with Crippen LogP contribution in [0.4, 0.5) is 0 Å². The monoisotopic (exact) mass is 366 g/mol. The predicted molar refractivity (Wildman–Crippen MR) is 105 cm³/mol. The van der Waals surface area contributed by atoms with Crippen LogP contribution in [-0.2, 0) is 19.1 Å². The van der Waals surface area contributed by atoms with Gasteiger partial charge < -0.3 is 9.47 Å². The smallest absolute Gasteiger partial charge is 0.310 e. The first kappa shape index (κ1) is 22.7. The van der Waals surface area contributed by atoms with Crippen molar-refractivity contribution in [3.05, 3.63) is 12.2 Å². The minimum atomic E-state index is -0.392. The quantitative estimate of drug-likeness (QED) is 0.247. The van der Waals surface area contributed by atoms with E-state index in [2.05, 4.69) is 20.8 Å². The highest BCUT2D eigenvalue weighted by Crippen LogP contribution is 2.28. The second kappa shape index (κ2) is 13.8. The molecule has 2 unspecified atom stereocenters. The fourth-order valence-electron chi connectivity index (χ4n) is 3.27. The average Bonchev–Trinajstić information content (AvgIpc) is 2.64. The summed E-state index contributed by atoms with van der Waals surface area (Å²) in [6.07, 6.45) is 14.0. The van der Waals surface area contributed by atoms with E-state index in [1.807, 2.05) is 12.2 Å². The molecule has 0 radical (unpaired) electrons. The third-order valence-electron chi connectivity index (χ3n) is 4.95. The average molecular weight is 367 g/mol. The van der Waals surface area contributed by atoms with Gasteiger partial charge in [-0.1, -0.05) is 65.0 Å². The van der Waals surface area contributed by atoms with Crippen LogP contribution in [0.2, 0.25) is 0 Å². The number of rotatable bonds is 13. The Morgan fingerprint density at radius 3 is 1.88 bits per heavy atom. The van der Waals surface area contributed by atoms with Crippen LogP contribution in [0.25, 0.3) is 0 Å². The number of unbranched alkanes of at least 4 members (excludes halogenated alkanes) is 5. The van der Waals surface area contributed by atoms with E-state index in [0.717, 1.165) is 25.7 Å². The second-order valence-corrected chi connectivity index (χ2v) is 7.79. The SMILES string of the molecule is CCCCCCCCOC(=O)C1CC=CCC1C(=O)OCCCC(C)C. The van der Waals surface area contributed by atoms with Gasteiger partial charge in [0, 0.05) is 0 Å². The first-order valence-corrected chi connectivity index (χ1v) is 10.5. The molecule has 0 aromatic carbocycles. The van der Waals surface area contributed by atoms with Gasteiger partial charge in [0.05, 0.1) is 25.0 Å². The van der Waals surface area contributed by atoms with Crippen molar-refractivity contribution in [3.8, 4) is 0 Å². The molecule has 0 heterocycles. The minimum absolute atomic E-state index is 0.243. The number of carbonyl (C=O) groups excluding carboxylic acids is 2. The molecule has 0 aromatic heterocycles. The van der Waals surface area contributed by atoms with E-state index in [-0.39, 0.29) is 11.9 Å². The zero-order valence-electron chi connectivity index (χ0n) is 17.0. The van der Waals surface area contributed by atoms with Gasteiger partial charge in [-0.15, -0.1) is 0 Å². The molecule has 1 aliphatic carbocycles. The molecule has 0 aliphatic heterocycles. The number of ether oxygens (including phenoxy) is 2. The van der Waals surface area contributed by atoms with Crippen molar-refractivity contribution in [1.82, 2.24) is 0 Å². The van der Waals surface area contributed by atoms with Gasteiger partial charge in [-0.3, -0.25) is 9.59 Å². The maximum atomic E-state index is 12.4. The molecular weight excluding hydrogens is 328 g/mol. The van der Waals surface area contributed by atoms with Crippen LogP contribution in [0.3, 0.4) is 0 Å². The Labute approximate surface area is 159 Å². The van der Waals surface area contributed by atoms with Gasteiger partial charge >= 0.3 is 11.9 Å². The van der Waals surface area contributed by atoms with Gasteiger partial charge in [0.15, 0.2) is 0 Å². The van der Waals surface area contributed by atoms with Crippen LogP contribution in [0, 0.1) is 17.8 Å². The number of allylic oxidation sites excluding steroid dienone is 2. The lowest BCUT2D eigenvalue weighted by atomic mass is 9.83. The van der Waals surface area contributed by atoms with Gasteiger partial charge in [-0.05, 0) is 38.0 Å². The highest BCUT2D eigenvalue weighted by Gasteiger charge is 2.36. The van der Waals surface area contributed by atoms with Crippen molar-refractivity contribution in [2.75, 3.05) is 13.2 Å². The van der Waals surface area contributed by atoms with Crippen molar-refractivity contribution in [2.24, 2.45) is 17.8 Å². The third-order valence-corrected chi connectivity index (χ3v) is 4.95. The van der Waals surface area contributed by atoms with E-state index in [9.17, 15) is 9.59 Å². The van der Waals surface area contributed by atoms with E-state index >= 15 is 0 Å². The largest absolute Gasteiger partial charge is 0.465 e. The molecule has 0 spiro atoms. The summed E-state index contributed by atoms with van der Waals surface area (Å²) in [5, 5.41) is 0. The maximum absolute atomic E-state index is 12.4. The van der Waals surface area contributed by atoms with Gasteiger partial charge in [0.1, 0.15) is 0 Å². The highest BCUT2D eigenvalue weighted by molar-refractivity contribution is 5.82. The number of carbonyl (C=O) groups is 2. The van der Waals surface area contributed by atoms with Crippen molar-refractivity contribution >= 4 is 11.9 Å². The number of esters is 2. The van der Waals surface area contributed by atoms with Gasteiger partial charge in [0.2, 0.25) is 0 Å². The fraction of sp³-hybridized carbons (Fsp3) is 0.818. The fourth-order valence-corrected chi connectivity index (χ4v) is 3.27. The van der Waals surface area contributed by atoms with Crippen LogP contribution in [-0.4, -0.2) is 25.2 Å². The van der Waals surface area contributed by atoms with Crippen molar-refractivity contribution < 1.29 is 19.1 Å². The molecule has 0 aromatic rings. The summed E-state index contributed by atoms with van der Waals surface area (Å²) in [6, 6.07) is 0. The second-order valence-electron chi connectivity index (χ2n) is 7.79. The molecule has 26 heavy (non-hydrogen) atoms. The van der Waals surface area contributed by atoms with Gasteiger partial charge in [-0.2, -0.15) is 0 Å². The van der Waals surface area contributed by atoms with Crippen LogP contribution in [0.15, 0.2) is 12.2 Å². The molecule has 4 nitrogen and oxygen atoms in total. The molecule has 4 heteroatoms. The summed E-state index contributed by atoms with van der Waals surface area (Å²) in [6.45, 7) is 7.41. The van der Waals surface area contributed by atoms with E-state index in [1.54, 1.807) is 0 Å². The van der Waals surface area contributed by atoms with E-state index in [1.165, 1.54) is 25.7 Å². The lowest BCUT2D eigenvalue weighted by molar-refractivity contribution is -0.161. The van der Waals surface area contributed by atoms with Crippen molar-refractivity contribution in [1.29, 1.82) is 0 Å². The molecule has 0 saturated heterocycles. The summed E-state index contributed by atoms with van der Waals surface area (Å²) >= 11 is 0. The summed E-state index contributed by atoms with van der Waals surface area (Å²) in [7, 11) is 0. The lowest BCUT2D eigenvalue weighted by Crippen LogP contribution is -2.34. The Morgan fingerprint density at radius 1 is 0.846 bits per heavy atom. The molecule has 0 fully saturated rings. The highest BCUT2D eigenvalue weighted by atomic mass is 16.5. The molecule has 1 rings (SSSR count). The molecule has 0 amide bonds. The predicted octanol–water partition coefficient (Wildman–Crippen LogP) is 5.45.